The molecule has 0 heterocycles. The fraction of sp³-hybridized carbons (Fsp3) is 0.600. The van der Waals surface area contributed by atoms with Crippen molar-refractivity contribution in [3.05, 3.63) is 33.9 Å². The van der Waals surface area contributed by atoms with Crippen LogP contribution in [0.25, 0.3) is 0 Å². The molecule has 0 aliphatic carbocycles. The number of rotatable bonds is 10. The zero-order valence-corrected chi connectivity index (χ0v) is 12.9. The number of nitrogens with zero attached hydrogens (tertiary/aromatic N) is 1. The van der Waals surface area contributed by atoms with E-state index in [2.05, 4.69) is 12.2 Å². The molecule has 0 spiro atoms. The molecule has 1 unspecified atom stereocenters. The number of methoxy groups -OCH3 is 1. The third kappa shape index (κ3) is 6.10. The fourth-order valence-corrected chi connectivity index (χ4v) is 2.00. The predicted molar refractivity (Wildman–Crippen MR) is 81.7 cm³/mol. The third-order valence-corrected chi connectivity index (χ3v) is 3.06. The Balaban J connectivity index is 2.77. The van der Waals surface area contributed by atoms with Crippen molar-refractivity contribution in [3.63, 3.8) is 0 Å². The number of nitro benzene ring substituents is 1. The van der Waals surface area contributed by atoms with Gasteiger partial charge < -0.3 is 14.8 Å². The molecule has 1 N–H and O–H groups in total. The Labute approximate surface area is 125 Å². The molecule has 1 rings (SSSR count). The number of hydrogen-bond acceptors (Lipinski definition) is 5. The Hall–Kier alpha value is -1.66. The molecule has 6 nitrogen and oxygen atoms in total. The summed E-state index contributed by atoms with van der Waals surface area (Å²) in [7, 11) is 1.65. The molecular weight excluding hydrogens is 272 g/mol. The average molecular weight is 296 g/mol. The quantitative estimate of drug-likeness (QED) is 0.408. The minimum Gasteiger partial charge on any atom is -0.484 e. The Morgan fingerprint density at radius 3 is 2.81 bits per heavy atom. The molecule has 0 aliphatic rings. The molecule has 1 aromatic rings. The van der Waals surface area contributed by atoms with Crippen molar-refractivity contribution in [2.45, 2.75) is 39.3 Å². The van der Waals surface area contributed by atoms with Gasteiger partial charge in [-0.1, -0.05) is 19.4 Å². The highest BCUT2D eigenvalue weighted by atomic mass is 16.6. The van der Waals surface area contributed by atoms with Crippen LogP contribution in [0.5, 0.6) is 5.75 Å². The Bertz CT molecular complexity index is 451. The smallest absolute Gasteiger partial charge is 0.310 e. The van der Waals surface area contributed by atoms with Crippen LogP contribution in [0.15, 0.2) is 18.2 Å². The molecule has 0 radical (unpaired) electrons. The maximum atomic E-state index is 11.1. The van der Waals surface area contributed by atoms with Crippen molar-refractivity contribution in [2.75, 3.05) is 20.3 Å². The van der Waals surface area contributed by atoms with E-state index in [-0.39, 0.29) is 11.8 Å². The van der Waals surface area contributed by atoms with E-state index in [1.165, 1.54) is 6.07 Å². The van der Waals surface area contributed by atoms with Crippen LogP contribution in [-0.2, 0) is 11.3 Å². The first-order valence-electron chi connectivity index (χ1n) is 7.22. The Morgan fingerprint density at radius 1 is 1.43 bits per heavy atom. The van der Waals surface area contributed by atoms with E-state index in [9.17, 15) is 10.1 Å². The molecule has 0 fully saturated rings. The summed E-state index contributed by atoms with van der Waals surface area (Å²) in [5.74, 6) is 0.340. The van der Waals surface area contributed by atoms with E-state index in [0.29, 0.717) is 18.9 Å². The molecule has 21 heavy (non-hydrogen) atoms. The lowest BCUT2D eigenvalue weighted by atomic mass is 10.1. The highest BCUT2D eigenvalue weighted by Gasteiger charge is 2.17. The van der Waals surface area contributed by atoms with Crippen molar-refractivity contribution in [3.8, 4) is 5.75 Å². The normalized spacial score (nSPS) is 12.1. The second kappa shape index (κ2) is 9.31. The lowest BCUT2D eigenvalue weighted by Crippen LogP contribution is -2.19. The first-order valence-corrected chi connectivity index (χ1v) is 7.22. The van der Waals surface area contributed by atoms with Gasteiger partial charge in [-0.05, 0) is 25.0 Å². The Morgan fingerprint density at radius 2 is 2.19 bits per heavy atom. The molecule has 6 heteroatoms. The van der Waals surface area contributed by atoms with E-state index in [0.717, 1.165) is 24.9 Å². The van der Waals surface area contributed by atoms with Crippen LogP contribution in [0.4, 0.5) is 5.69 Å². The van der Waals surface area contributed by atoms with E-state index < -0.39 is 4.92 Å². The fourth-order valence-electron chi connectivity index (χ4n) is 2.00. The molecule has 1 atom stereocenters. The van der Waals surface area contributed by atoms with Crippen molar-refractivity contribution in [1.29, 1.82) is 0 Å². The topological polar surface area (TPSA) is 73.6 Å². The van der Waals surface area contributed by atoms with Crippen LogP contribution in [0.1, 0.15) is 32.3 Å². The zero-order chi connectivity index (χ0) is 15.7. The van der Waals surface area contributed by atoms with E-state index >= 15 is 0 Å². The summed E-state index contributed by atoms with van der Waals surface area (Å²) in [4.78, 5) is 10.7. The van der Waals surface area contributed by atoms with Crippen molar-refractivity contribution in [2.24, 2.45) is 0 Å². The number of hydrogen-bond donors (Lipinski definition) is 1. The lowest BCUT2D eigenvalue weighted by molar-refractivity contribution is -0.386. The van der Waals surface area contributed by atoms with Gasteiger partial charge in [0.1, 0.15) is 0 Å². The van der Waals surface area contributed by atoms with E-state index in [1.54, 1.807) is 19.2 Å². The molecule has 0 aromatic heterocycles. The summed E-state index contributed by atoms with van der Waals surface area (Å²) in [6.45, 7) is 5.97. The molecule has 0 amide bonds. The van der Waals surface area contributed by atoms with Crippen LogP contribution in [0.3, 0.4) is 0 Å². The maximum absolute atomic E-state index is 11.1. The van der Waals surface area contributed by atoms with Gasteiger partial charge >= 0.3 is 5.69 Å². The van der Waals surface area contributed by atoms with Gasteiger partial charge in [-0.3, -0.25) is 10.1 Å². The SMILES string of the molecule is CCCC(C)Oc1cc(CNCCOC)ccc1[N+](=O)[O-]. The molecule has 0 bridgehead atoms. The molecule has 0 saturated heterocycles. The van der Waals surface area contributed by atoms with E-state index in [4.69, 9.17) is 9.47 Å². The number of ether oxygens (including phenoxy) is 2. The van der Waals surface area contributed by atoms with Crippen LogP contribution in [-0.4, -0.2) is 31.3 Å². The monoisotopic (exact) mass is 296 g/mol. The van der Waals surface area contributed by atoms with Crippen LogP contribution in [0, 0.1) is 10.1 Å². The van der Waals surface area contributed by atoms with Gasteiger partial charge in [0.05, 0.1) is 17.6 Å². The van der Waals surface area contributed by atoms with Gasteiger partial charge in [-0.15, -0.1) is 0 Å². The maximum Gasteiger partial charge on any atom is 0.310 e. The summed E-state index contributed by atoms with van der Waals surface area (Å²) in [5.41, 5.74) is 0.967. The zero-order valence-electron chi connectivity index (χ0n) is 12.9. The van der Waals surface area contributed by atoms with Gasteiger partial charge in [0.2, 0.25) is 0 Å². The van der Waals surface area contributed by atoms with Crippen molar-refractivity contribution >= 4 is 5.69 Å². The van der Waals surface area contributed by atoms with Crippen molar-refractivity contribution < 1.29 is 14.4 Å². The summed E-state index contributed by atoms with van der Waals surface area (Å²) >= 11 is 0. The lowest BCUT2D eigenvalue weighted by Gasteiger charge is -2.15. The van der Waals surface area contributed by atoms with Gasteiger partial charge in [-0.2, -0.15) is 0 Å². The van der Waals surface area contributed by atoms with Gasteiger partial charge in [0, 0.05) is 26.3 Å². The standard InChI is InChI=1S/C15H24N2O4/c1-4-5-12(2)21-15-10-13(11-16-8-9-20-3)6-7-14(15)17(18)19/h6-7,10,12,16H,4-5,8-9,11H2,1-3H3. The van der Waals surface area contributed by atoms with Crippen LogP contribution >= 0.6 is 0 Å². The number of benzene rings is 1. The molecule has 118 valence electrons. The molecular formula is C15H24N2O4. The predicted octanol–water partition coefficient (Wildman–Crippen LogP) is 2.90. The minimum absolute atomic E-state index is 0.0126. The number of nitro groups is 1. The molecule has 0 aliphatic heterocycles. The minimum atomic E-state index is -0.407. The van der Waals surface area contributed by atoms with Gasteiger partial charge in [0.25, 0.3) is 0 Å². The summed E-state index contributed by atoms with van der Waals surface area (Å²) in [5, 5.41) is 14.3. The van der Waals surface area contributed by atoms with Crippen LogP contribution < -0.4 is 10.1 Å². The largest absolute Gasteiger partial charge is 0.484 e. The van der Waals surface area contributed by atoms with Gasteiger partial charge in [0.15, 0.2) is 5.75 Å². The Kier molecular flexibility index (Phi) is 7.71. The summed E-state index contributed by atoms with van der Waals surface area (Å²) in [6, 6.07) is 4.99. The highest BCUT2D eigenvalue weighted by molar-refractivity contribution is 5.48. The highest BCUT2D eigenvalue weighted by Crippen LogP contribution is 2.29. The second-order valence-corrected chi connectivity index (χ2v) is 4.95. The molecule has 0 saturated carbocycles. The van der Waals surface area contributed by atoms with Crippen LogP contribution in [0.2, 0.25) is 0 Å². The average Bonchev–Trinajstić information content (AvgIpc) is 2.43. The second-order valence-electron chi connectivity index (χ2n) is 4.95. The first-order chi connectivity index (χ1) is 10.1. The van der Waals surface area contributed by atoms with Gasteiger partial charge in [-0.25, -0.2) is 0 Å². The number of nitrogens with one attached hydrogen (secondary N) is 1. The summed E-state index contributed by atoms with van der Waals surface area (Å²) < 4.78 is 10.7. The molecule has 1 aromatic carbocycles. The van der Waals surface area contributed by atoms with Crippen molar-refractivity contribution in [1.82, 2.24) is 5.32 Å². The summed E-state index contributed by atoms with van der Waals surface area (Å²) in [6.07, 6.45) is 1.81. The third-order valence-electron chi connectivity index (χ3n) is 3.06. The van der Waals surface area contributed by atoms with E-state index in [1.807, 2.05) is 6.92 Å². The first kappa shape index (κ1) is 17.4.